The van der Waals surface area contributed by atoms with Crippen LogP contribution in [0.5, 0.6) is 5.75 Å². The Morgan fingerprint density at radius 2 is 1.55 bits per heavy atom. The fraction of sp³-hybridized carbons (Fsp3) is 0.348. The van der Waals surface area contributed by atoms with Crippen LogP contribution in [0.3, 0.4) is 0 Å². The fourth-order valence-corrected chi connectivity index (χ4v) is 2.99. The van der Waals surface area contributed by atoms with Gasteiger partial charge < -0.3 is 20.7 Å². The van der Waals surface area contributed by atoms with Gasteiger partial charge in [-0.2, -0.15) is 0 Å². The normalized spacial score (nSPS) is 11.5. The van der Waals surface area contributed by atoms with Crippen molar-refractivity contribution in [3.8, 4) is 5.75 Å². The number of benzene rings is 2. The Bertz CT molecular complexity index is 881. The monoisotopic (exact) mass is 426 g/mol. The summed E-state index contributed by atoms with van der Waals surface area (Å²) in [5.74, 6) is 0.236. The van der Waals surface area contributed by atoms with Gasteiger partial charge in [-0.15, -0.1) is 0 Å². The number of hydrogen-bond acceptors (Lipinski definition) is 5. The lowest BCUT2D eigenvalue weighted by molar-refractivity contribution is -0.127. The Balaban J connectivity index is 1.85. The molecule has 3 N–H and O–H groups in total. The van der Waals surface area contributed by atoms with E-state index in [1.165, 1.54) is 6.92 Å². The second-order valence-corrected chi connectivity index (χ2v) is 7.11. The van der Waals surface area contributed by atoms with Crippen LogP contribution >= 0.6 is 0 Å². The van der Waals surface area contributed by atoms with Gasteiger partial charge in [-0.3, -0.25) is 19.3 Å². The Kier molecular flexibility index (Phi) is 9.02. The number of methoxy groups -OCH3 is 1. The standard InChI is InChI=1S/C23H30N4O4/c1-5-27(15-22(29)26-20-10-8-19(9-11-20)25-17(3)28)16(2)23(30)24-14-18-6-12-21(31-4)13-7-18/h6-13,16H,5,14-15H2,1-4H3,(H,24,30)(H,25,28)(H,26,29)/t16-/m1/s1. The lowest BCUT2D eigenvalue weighted by Crippen LogP contribution is -2.47. The summed E-state index contributed by atoms with van der Waals surface area (Å²) < 4.78 is 5.13. The number of ether oxygens (including phenoxy) is 1. The predicted octanol–water partition coefficient (Wildman–Crippen LogP) is 2.62. The van der Waals surface area contributed by atoms with Crippen molar-refractivity contribution < 1.29 is 19.1 Å². The van der Waals surface area contributed by atoms with Crippen LogP contribution in [0.15, 0.2) is 48.5 Å². The van der Waals surface area contributed by atoms with Crippen LogP contribution in [-0.2, 0) is 20.9 Å². The lowest BCUT2D eigenvalue weighted by atomic mass is 10.2. The minimum absolute atomic E-state index is 0.0844. The highest BCUT2D eigenvalue weighted by atomic mass is 16.5. The number of hydrogen-bond donors (Lipinski definition) is 3. The van der Waals surface area contributed by atoms with E-state index in [0.717, 1.165) is 11.3 Å². The van der Waals surface area contributed by atoms with E-state index in [1.807, 2.05) is 31.2 Å². The summed E-state index contributed by atoms with van der Waals surface area (Å²) in [4.78, 5) is 37.9. The van der Waals surface area contributed by atoms with Crippen LogP contribution in [-0.4, -0.2) is 48.9 Å². The molecule has 0 radical (unpaired) electrons. The molecule has 3 amide bonds. The molecule has 0 spiro atoms. The zero-order chi connectivity index (χ0) is 22.8. The molecule has 0 saturated carbocycles. The molecule has 2 rings (SSSR count). The summed E-state index contributed by atoms with van der Waals surface area (Å²) >= 11 is 0. The molecular weight excluding hydrogens is 396 g/mol. The van der Waals surface area contributed by atoms with E-state index in [9.17, 15) is 14.4 Å². The minimum atomic E-state index is -0.462. The van der Waals surface area contributed by atoms with Gasteiger partial charge in [0.1, 0.15) is 5.75 Å². The Morgan fingerprint density at radius 3 is 2.06 bits per heavy atom. The molecule has 0 bridgehead atoms. The molecule has 0 heterocycles. The van der Waals surface area contributed by atoms with E-state index in [0.29, 0.717) is 24.5 Å². The molecule has 0 unspecified atom stereocenters. The summed E-state index contributed by atoms with van der Waals surface area (Å²) in [5, 5.41) is 8.39. The minimum Gasteiger partial charge on any atom is -0.497 e. The number of rotatable bonds is 10. The maximum absolute atomic E-state index is 12.6. The third kappa shape index (κ3) is 7.75. The van der Waals surface area contributed by atoms with Crippen molar-refractivity contribution in [2.75, 3.05) is 30.8 Å². The first-order valence-electron chi connectivity index (χ1n) is 10.1. The van der Waals surface area contributed by atoms with E-state index in [1.54, 1.807) is 43.2 Å². The second-order valence-electron chi connectivity index (χ2n) is 7.11. The van der Waals surface area contributed by atoms with Crippen LogP contribution in [0.2, 0.25) is 0 Å². The molecule has 2 aromatic carbocycles. The number of carbonyl (C=O) groups excluding carboxylic acids is 3. The molecule has 0 fully saturated rings. The average Bonchev–Trinajstić information content (AvgIpc) is 2.76. The number of nitrogens with one attached hydrogen (secondary N) is 3. The molecule has 0 aliphatic carbocycles. The molecule has 31 heavy (non-hydrogen) atoms. The fourth-order valence-electron chi connectivity index (χ4n) is 2.99. The van der Waals surface area contributed by atoms with Gasteiger partial charge in [-0.25, -0.2) is 0 Å². The summed E-state index contributed by atoms with van der Waals surface area (Å²) in [6.45, 7) is 6.15. The van der Waals surface area contributed by atoms with Gasteiger partial charge in [0.25, 0.3) is 0 Å². The number of anilines is 2. The Hall–Kier alpha value is -3.39. The first-order valence-corrected chi connectivity index (χ1v) is 10.1. The summed E-state index contributed by atoms with van der Waals surface area (Å²) in [5.41, 5.74) is 2.24. The van der Waals surface area contributed by atoms with Gasteiger partial charge in [0, 0.05) is 24.8 Å². The number of carbonyl (C=O) groups is 3. The van der Waals surface area contributed by atoms with Crippen molar-refractivity contribution >= 4 is 29.1 Å². The van der Waals surface area contributed by atoms with E-state index < -0.39 is 6.04 Å². The summed E-state index contributed by atoms with van der Waals surface area (Å²) in [7, 11) is 1.61. The topological polar surface area (TPSA) is 99.8 Å². The quantitative estimate of drug-likeness (QED) is 0.542. The molecule has 166 valence electrons. The van der Waals surface area contributed by atoms with Crippen molar-refractivity contribution in [1.29, 1.82) is 0 Å². The van der Waals surface area contributed by atoms with Crippen molar-refractivity contribution in [2.45, 2.75) is 33.4 Å². The van der Waals surface area contributed by atoms with Gasteiger partial charge in [0.05, 0.1) is 19.7 Å². The van der Waals surface area contributed by atoms with Crippen molar-refractivity contribution in [3.05, 3.63) is 54.1 Å². The van der Waals surface area contributed by atoms with Gasteiger partial charge in [-0.1, -0.05) is 19.1 Å². The van der Waals surface area contributed by atoms with E-state index in [-0.39, 0.29) is 24.3 Å². The smallest absolute Gasteiger partial charge is 0.238 e. The number of likely N-dealkylation sites (N-methyl/N-ethyl adjacent to an activating group) is 1. The molecule has 2 aromatic rings. The van der Waals surface area contributed by atoms with Gasteiger partial charge >= 0.3 is 0 Å². The Labute approximate surface area is 183 Å². The van der Waals surface area contributed by atoms with Crippen LogP contribution in [0.1, 0.15) is 26.3 Å². The molecule has 1 atom stereocenters. The highest BCUT2D eigenvalue weighted by Gasteiger charge is 2.22. The van der Waals surface area contributed by atoms with Crippen LogP contribution in [0.25, 0.3) is 0 Å². The summed E-state index contributed by atoms with van der Waals surface area (Å²) in [6.07, 6.45) is 0. The molecule has 0 aromatic heterocycles. The first kappa shape index (κ1) is 23.9. The van der Waals surface area contributed by atoms with Crippen molar-refractivity contribution in [3.63, 3.8) is 0 Å². The third-order valence-corrected chi connectivity index (χ3v) is 4.79. The van der Waals surface area contributed by atoms with E-state index in [4.69, 9.17) is 4.74 Å². The van der Waals surface area contributed by atoms with Gasteiger partial charge in [0.2, 0.25) is 17.7 Å². The van der Waals surface area contributed by atoms with Crippen LogP contribution < -0.4 is 20.7 Å². The Morgan fingerprint density at radius 1 is 0.968 bits per heavy atom. The third-order valence-electron chi connectivity index (χ3n) is 4.79. The van der Waals surface area contributed by atoms with E-state index >= 15 is 0 Å². The maximum Gasteiger partial charge on any atom is 0.238 e. The first-order chi connectivity index (χ1) is 14.8. The molecule has 8 nitrogen and oxygen atoms in total. The lowest BCUT2D eigenvalue weighted by Gasteiger charge is -2.26. The SMILES string of the molecule is CCN(CC(=O)Nc1ccc(NC(C)=O)cc1)[C@H](C)C(=O)NCc1ccc(OC)cc1. The van der Waals surface area contributed by atoms with Crippen LogP contribution in [0, 0.1) is 0 Å². The maximum atomic E-state index is 12.6. The van der Waals surface area contributed by atoms with Gasteiger partial charge in [-0.05, 0) is 55.4 Å². The predicted molar refractivity (Wildman–Crippen MR) is 121 cm³/mol. The zero-order valence-electron chi connectivity index (χ0n) is 18.4. The highest BCUT2D eigenvalue weighted by molar-refractivity contribution is 5.93. The molecular formula is C23H30N4O4. The van der Waals surface area contributed by atoms with Crippen LogP contribution in [0.4, 0.5) is 11.4 Å². The number of amides is 3. The van der Waals surface area contributed by atoms with Crippen molar-refractivity contribution in [2.24, 2.45) is 0 Å². The molecule has 0 aliphatic rings. The zero-order valence-corrected chi connectivity index (χ0v) is 18.4. The molecule has 0 saturated heterocycles. The summed E-state index contributed by atoms with van der Waals surface area (Å²) in [6, 6.07) is 13.9. The van der Waals surface area contributed by atoms with Crippen molar-refractivity contribution in [1.82, 2.24) is 10.2 Å². The molecule has 0 aliphatic heterocycles. The van der Waals surface area contributed by atoms with E-state index in [2.05, 4.69) is 16.0 Å². The second kappa shape index (κ2) is 11.7. The number of nitrogens with zero attached hydrogens (tertiary/aromatic N) is 1. The molecule has 8 heteroatoms. The highest BCUT2D eigenvalue weighted by Crippen LogP contribution is 2.14. The average molecular weight is 427 g/mol. The largest absolute Gasteiger partial charge is 0.497 e. The van der Waals surface area contributed by atoms with Gasteiger partial charge in [0.15, 0.2) is 0 Å².